The van der Waals surface area contributed by atoms with Gasteiger partial charge >= 0.3 is 0 Å². The second kappa shape index (κ2) is 9.87. The van der Waals surface area contributed by atoms with E-state index < -0.39 is 0 Å². The van der Waals surface area contributed by atoms with E-state index in [-0.39, 0.29) is 12.5 Å². The predicted octanol–water partition coefficient (Wildman–Crippen LogP) is 2.64. The zero-order chi connectivity index (χ0) is 18.9. The smallest absolute Gasteiger partial charge is 0.243 e. The molecule has 26 heavy (non-hydrogen) atoms. The monoisotopic (exact) mass is 376 g/mol. The molecule has 1 aromatic heterocycles. The number of nitrogens with one attached hydrogen (secondary N) is 1. The van der Waals surface area contributed by atoms with Crippen LogP contribution in [-0.4, -0.2) is 55.9 Å². The van der Waals surface area contributed by atoms with E-state index in [1.165, 1.54) is 4.90 Å². The zero-order valence-electron chi connectivity index (χ0n) is 15.4. The molecule has 7 heteroatoms. The lowest BCUT2D eigenvalue weighted by atomic mass is 10.2. The topological polar surface area (TPSA) is 61.1 Å². The van der Waals surface area contributed by atoms with E-state index >= 15 is 0 Å². The summed E-state index contributed by atoms with van der Waals surface area (Å²) in [5.74, 6) is 1.51. The van der Waals surface area contributed by atoms with Crippen LogP contribution in [0, 0.1) is 0 Å². The predicted molar refractivity (Wildman–Crippen MR) is 104 cm³/mol. The molecular weight excluding hydrogens is 352 g/mol. The van der Waals surface area contributed by atoms with Gasteiger partial charge < -0.3 is 19.5 Å². The third-order valence-electron chi connectivity index (χ3n) is 3.77. The normalized spacial score (nSPS) is 11.3. The van der Waals surface area contributed by atoms with Crippen LogP contribution in [0.1, 0.15) is 11.3 Å². The number of furan rings is 1. The molecule has 0 saturated carbocycles. The number of nitrogens with zero attached hydrogens (tertiary/aromatic N) is 3. The van der Waals surface area contributed by atoms with Gasteiger partial charge in [-0.15, -0.1) is 0 Å². The SMILES string of the molecule is CN(C)C(=O)CN=C(NCCc1ccco1)N(C)Cc1cccc(Cl)c1. The van der Waals surface area contributed by atoms with Crippen LogP contribution in [0.4, 0.5) is 0 Å². The first-order chi connectivity index (χ1) is 12.5. The quantitative estimate of drug-likeness (QED) is 0.596. The van der Waals surface area contributed by atoms with Crippen molar-refractivity contribution >= 4 is 23.5 Å². The fourth-order valence-electron chi connectivity index (χ4n) is 2.33. The van der Waals surface area contributed by atoms with Crippen molar-refractivity contribution in [3.8, 4) is 0 Å². The molecule has 6 nitrogen and oxygen atoms in total. The maximum absolute atomic E-state index is 11.9. The van der Waals surface area contributed by atoms with Crippen molar-refractivity contribution in [1.29, 1.82) is 0 Å². The number of aliphatic imine (C=N–C) groups is 1. The Bertz CT molecular complexity index is 729. The first-order valence-corrected chi connectivity index (χ1v) is 8.80. The molecule has 1 amide bonds. The summed E-state index contributed by atoms with van der Waals surface area (Å²) in [4.78, 5) is 19.8. The van der Waals surface area contributed by atoms with E-state index in [1.807, 2.05) is 48.3 Å². The van der Waals surface area contributed by atoms with Gasteiger partial charge in [0.05, 0.1) is 6.26 Å². The molecule has 1 N–H and O–H groups in total. The number of halogens is 1. The molecule has 0 atom stereocenters. The minimum atomic E-state index is -0.0495. The lowest BCUT2D eigenvalue weighted by Crippen LogP contribution is -2.40. The summed E-state index contributed by atoms with van der Waals surface area (Å²) in [5, 5.41) is 4.00. The number of hydrogen-bond donors (Lipinski definition) is 1. The van der Waals surface area contributed by atoms with Crippen LogP contribution in [0.25, 0.3) is 0 Å². The first-order valence-electron chi connectivity index (χ1n) is 8.42. The molecule has 0 bridgehead atoms. The van der Waals surface area contributed by atoms with Gasteiger partial charge in [0.1, 0.15) is 12.3 Å². The van der Waals surface area contributed by atoms with Crippen molar-refractivity contribution in [1.82, 2.24) is 15.1 Å². The van der Waals surface area contributed by atoms with Crippen LogP contribution in [-0.2, 0) is 17.8 Å². The molecule has 2 aromatic rings. The molecule has 0 saturated heterocycles. The summed E-state index contributed by atoms with van der Waals surface area (Å²) in [5.41, 5.74) is 1.07. The van der Waals surface area contributed by atoms with E-state index in [9.17, 15) is 4.79 Å². The van der Waals surface area contributed by atoms with Gasteiger partial charge in [-0.05, 0) is 29.8 Å². The van der Waals surface area contributed by atoms with E-state index in [2.05, 4.69) is 10.3 Å². The van der Waals surface area contributed by atoms with Crippen LogP contribution in [0.3, 0.4) is 0 Å². The molecule has 0 aliphatic carbocycles. The Morgan fingerprint density at radius 1 is 1.23 bits per heavy atom. The highest BCUT2D eigenvalue weighted by Crippen LogP contribution is 2.12. The molecule has 0 fully saturated rings. The average Bonchev–Trinajstić information content (AvgIpc) is 3.10. The number of likely N-dealkylation sites (N-methyl/N-ethyl adjacent to an activating group) is 1. The van der Waals surface area contributed by atoms with Crippen LogP contribution in [0.15, 0.2) is 52.1 Å². The number of amides is 1. The molecule has 0 unspecified atom stereocenters. The first kappa shape index (κ1) is 19.8. The largest absolute Gasteiger partial charge is 0.469 e. The Balaban J connectivity index is 2.02. The zero-order valence-corrected chi connectivity index (χ0v) is 16.2. The molecule has 1 heterocycles. The van der Waals surface area contributed by atoms with E-state index in [0.717, 1.165) is 17.7 Å². The maximum Gasteiger partial charge on any atom is 0.243 e. The standard InChI is InChI=1S/C19H25ClN4O2/c1-23(2)18(25)13-22-19(21-10-9-17-8-5-11-26-17)24(3)14-15-6-4-7-16(20)12-15/h4-8,11-12H,9-10,13-14H2,1-3H3,(H,21,22). The Morgan fingerprint density at radius 2 is 2.04 bits per heavy atom. The van der Waals surface area contributed by atoms with Gasteiger partial charge in [0.15, 0.2) is 5.96 Å². The molecule has 140 valence electrons. The van der Waals surface area contributed by atoms with Gasteiger partial charge in [0.2, 0.25) is 5.91 Å². The number of guanidine groups is 1. The van der Waals surface area contributed by atoms with Crippen LogP contribution in [0.5, 0.6) is 0 Å². The minimum absolute atomic E-state index is 0.0495. The molecule has 0 aliphatic heterocycles. The average molecular weight is 377 g/mol. The highest BCUT2D eigenvalue weighted by atomic mass is 35.5. The molecule has 0 aliphatic rings. The van der Waals surface area contributed by atoms with Crippen molar-refractivity contribution in [2.75, 3.05) is 34.2 Å². The van der Waals surface area contributed by atoms with Crippen molar-refractivity contribution in [3.05, 3.63) is 59.0 Å². The van der Waals surface area contributed by atoms with E-state index in [1.54, 1.807) is 20.4 Å². The van der Waals surface area contributed by atoms with Gasteiger partial charge in [-0.25, -0.2) is 4.99 Å². The lowest BCUT2D eigenvalue weighted by molar-refractivity contribution is -0.127. The second-order valence-electron chi connectivity index (χ2n) is 6.17. The fourth-order valence-corrected chi connectivity index (χ4v) is 2.54. The lowest BCUT2D eigenvalue weighted by Gasteiger charge is -2.23. The third-order valence-corrected chi connectivity index (χ3v) is 4.00. The molecule has 0 spiro atoms. The van der Waals surface area contributed by atoms with Crippen molar-refractivity contribution < 1.29 is 9.21 Å². The fraction of sp³-hybridized carbons (Fsp3) is 0.368. The van der Waals surface area contributed by atoms with Gasteiger partial charge in [0.25, 0.3) is 0 Å². The summed E-state index contributed by atoms with van der Waals surface area (Å²) in [6.07, 6.45) is 2.39. The summed E-state index contributed by atoms with van der Waals surface area (Å²) in [7, 11) is 5.37. The maximum atomic E-state index is 11.9. The van der Waals surface area contributed by atoms with Gasteiger partial charge in [0, 0.05) is 45.7 Å². The van der Waals surface area contributed by atoms with Crippen molar-refractivity contribution in [2.45, 2.75) is 13.0 Å². The van der Waals surface area contributed by atoms with Crippen LogP contribution < -0.4 is 5.32 Å². The molecular formula is C19H25ClN4O2. The van der Waals surface area contributed by atoms with Gasteiger partial charge in [-0.2, -0.15) is 0 Å². The number of benzene rings is 1. The summed E-state index contributed by atoms with van der Waals surface area (Å²) in [6.45, 7) is 1.38. The summed E-state index contributed by atoms with van der Waals surface area (Å²) < 4.78 is 5.35. The van der Waals surface area contributed by atoms with E-state index in [0.29, 0.717) is 24.1 Å². The van der Waals surface area contributed by atoms with Gasteiger partial charge in [-0.1, -0.05) is 23.7 Å². The molecule has 2 rings (SSSR count). The van der Waals surface area contributed by atoms with Crippen molar-refractivity contribution in [2.24, 2.45) is 4.99 Å². The van der Waals surface area contributed by atoms with E-state index in [4.69, 9.17) is 16.0 Å². The highest BCUT2D eigenvalue weighted by molar-refractivity contribution is 6.30. The van der Waals surface area contributed by atoms with Crippen LogP contribution in [0.2, 0.25) is 5.02 Å². The molecule has 0 radical (unpaired) electrons. The van der Waals surface area contributed by atoms with Crippen LogP contribution >= 0.6 is 11.6 Å². The Labute approximate surface area is 159 Å². The second-order valence-corrected chi connectivity index (χ2v) is 6.61. The third kappa shape index (κ3) is 6.44. The summed E-state index contributed by atoms with van der Waals surface area (Å²) >= 11 is 6.06. The number of hydrogen-bond acceptors (Lipinski definition) is 3. The Morgan fingerprint density at radius 3 is 2.69 bits per heavy atom. The number of carbonyl (C=O) groups excluding carboxylic acids is 1. The number of rotatable bonds is 7. The molecule has 1 aromatic carbocycles. The number of carbonyl (C=O) groups is 1. The highest BCUT2D eigenvalue weighted by Gasteiger charge is 2.10. The minimum Gasteiger partial charge on any atom is -0.469 e. The van der Waals surface area contributed by atoms with Gasteiger partial charge in [-0.3, -0.25) is 4.79 Å². The van der Waals surface area contributed by atoms with Crippen molar-refractivity contribution in [3.63, 3.8) is 0 Å². The summed E-state index contributed by atoms with van der Waals surface area (Å²) in [6, 6.07) is 11.5. The Kier molecular flexibility index (Phi) is 7.53. The Hall–Kier alpha value is -2.47.